The third kappa shape index (κ3) is 5.42. The zero-order valence-electron chi connectivity index (χ0n) is 21.4. The molecule has 1 N–H and O–H groups in total. The van der Waals surface area contributed by atoms with Crippen molar-refractivity contribution >= 4 is 28.7 Å². The van der Waals surface area contributed by atoms with Gasteiger partial charge in [0.25, 0.3) is 0 Å². The first-order valence-corrected chi connectivity index (χ1v) is 13.0. The number of carbonyl (C=O) groups excluding carboxylic acids is 1. The molecule has 200 valence electrons. The summed E-state index contributed by atoms with van der Waals surface area (Å²) in [5.41, 5.74) is 2.71. The van der Waals surface area contributed by atoms with Crippen LogP contribution < -0.4 is 9.64 Å². The molecule has 4 aromatic rings. The minimum absolute atomic E-state index is 0.0246. The molecule has 10 heteroatoms. The minimum atomic E-state index is -0.986. The number of carbonyl (C=O) groups is 2. The van der Waals surface area contributed by atoms with E-state index in [4.69, 9.17) is 14.5 Å². The molecule has 6 rings (SSSR count). The van der Waals surface area contributed by atoms with E-state index >= 15 is 0 Å². The second-order valence-electron chi connectivity index (χ2n) is 9.77. The monoisotopic (exact) mass is 527 g/mol. The number of piperazine rings is 1. The Labute approximate surface area is 225 Å². The van der Waals surface area contributed by atoms with Crippen molar-refractivity contribution in [1.82, 2.24) is 19.4 Å². The molecule has 2 aliphatic heterocycles. The topological polar surface area (TPSA) is 110 Å². The SMILES string of the molecule is O=C(O)c1ccc2nc(CN3CCN(c4cccc(OCc5ccccc5)n4)CC3=O)n(C[C@@H]3CCO3)c2c1. The molecule has 4 heterocycles. The number of ether oxygens (including phenoxy) is 2. The van der Waals surface area contributed by atoms with Crippen molar-refractivity contribution in [2.24, 2.45) is 0 Å². The molecule has 0 radical (unpaired) electrons. The molecule has 39 heavy (non-hydrogen) atoms. The average molecular weight is 528 g/mol. The van der Waals surface area contributed by atoms with Gasteiger partial charge in [0.1, 0.15) is 18.2 Å². The van der Waals surface area contributed by atoms with E-state index in [1.165, 1.54) is 0 Å². The summed E-state index contributed by atoms with van der Waals surface area (Å²) in [5, 5.41) is 9.47. The number of hydrogen-bond acceptors (Lipinski definition) is 7. The molecular formula is C29H29N5O5. The van der Waals surface area contributed by atoms with Crippen LogP contribution in [0.25, 0.3) is 11.0 Å². The van der Waals surface area contributed by atoms with E-state index in [1.807, 2.05) is 58.0 Å². The van der Waals surface area contributed by atoms with Gasteiger partial charge in [0.05, 0.1) is 42.3 Å². The van der Waals surface area contributed by atoms with Crippen molar-refractivity contribution in [1.29, 1.82) is 0 Å². The van der Waals surface area contributed by atoms with Gasteiger partial charge in [0, 0.05) is 25.8 Å². The van der Waals surface area contributed by atoms with Gasteiger partial charge in [0.15, 0.2) is 0 Å². The van der Waals surface area contributed by atoms with E-state index < -0.39 is 5.97 Å². The number of anilines is 1. The van der Waals surface area contributed by atoms with Crippen molar-refractivity contribution in [2.75, 3.05) is 31.1 Å². The first kappa shape index (κ1) is 24.9. The minimum Gasteiger partial charge on any atom is -0.478 e. The molecule has 2 aliphatic rings. The van der Waals surface area contributed by atoms with Crippen molar-refractivity contribution in [3.05, 3.63) is 83.7 Å². The first-order chi connectivity index (χ1) is 19.0. The van der Waals surface area contributed by atoms with Crippen molar-refractivity contribution in [3.63, 3.8) is 0 Å². The molecule has 2 aromatic carbocycles. The van der Waals surface area contributed by atoms with Crippen molar-refractivity contribution in [3.8, 4) is 5.88 Å². The Morgan fingerprint density at radius 3 is 2.64 bits per heavy atom. The molecule has 0 unspecified atom stereocenters. The number of carboxylic acid groups (broad SMARTS) is 1. The normalized spacial score (nSPS) is 17.3. The number of aromatic nitrogens is 3. The maximum Gasteiger partial charge on any atom is 0.335 e. The highest BCUT2D eigenvalue weighted by molar-refractivity contribution is 5.92. The molecule has 0 spiro atoms. The molecule has 0 saturated carbocycles. The molecule has 2 aromatic heterocycles. The Morgan fingerprint density at radius 1 is 1.05 bits per heavy atom. The van der Waals surface area contributed by atoms with Crippen LogP contribution in [0.4, 0.5) is 5.82 Å². The summed E-state index contributed by atoms with van der Waals surface area (Å²) in [4.78, 5) is 37.9. The zero-order chi connectivity index (χ0) is 26.8. The number of benzene rings is 2. The summed E-state index contributed by atoms with van der Waals surface area (Å²) < 4.78 is 13.5. The van der Waals surface area contributed by atoms with Gasteiger partial charge in [-0.25, -0.2) is 9.78 Å². The molecular weight excluding hydrogens is 498 g/mol. The summed E-state index contributed by atoms with van der Waals surface area (Å²) in [6.45, 7) is 3.39. The molecule has 0 bridgehead atoms. The second kappa shape index (κ2) is 10.7. The zero-order valence-corrected chi connectivity index (χ0v) is 21.4. The summed E-state index contributed by atoms with van der Waals surface area (Å²) in [5.74, 6) is 0.922. The number of pyridine rings is 1. The lowest BCUT2D eigenvalue weighted by atomic mass is 10.1. The van der Waals surface area contributed by atoms with E-state index in [9.17, 15) is 14.7 Å². The maximum atomic E-state index is 13.2. The molecule has 10 nitrogen and oxygen atoms in total. The summed E-state index contributed by atoms with van der Waals surface area (Å²) in [6, 6.07) is 20.4. The highest BCUT2D eigenvalue weighted by Crippen LogP contribution is 2.25. The Bertz CT molecular complexity index is 1500. The van der Waals surface area contributed by atoms with Crippen LogP contribution in [-0.2, 0) is 29.2 Å². The average Bonchev–Trinajstić information content (AvgIpc) is 3.27. The highest BCUT2D eigenvalue weighted by atomic mass is 16.5. The summed E-state index contributed by atoms with van der Waals surface area (Å²) >= 11 is 0. The highest BCUT2D eigenvalue weighted by Gasteiger charge is 2.28. The van der Waals surface area contributed by atoms with Crippen LogP contribution in [0.1, 0.15) is 28.2 Å². The standard InChI is InChI=1S/C29H29N5O5/c35-28-18-32(25-7-4-8-27(31-25)39-19-20-5-2-1-3-6-20)12-13-33(28)17-26-30-23-10-9-21(29(36)37)15-24(23)34(26)16-22-11-14-38-22/h1-10,15,22H,11-14,16-19H2,(H,36,37)/t22-/m0/s1. The van der Waals surface area contributed by atoms with Gasteiger partial charge < -0.3 is 28.9 Å². The Morgan fingerprint density at radius 2 is 1.90 bits per heavy atom. The molecule has 2 saturated heterocycles. The summed E-state index contributed by atoms with van der Waals surface area (Å²) in [6.07, 6.45) is 1.00. The van der Waals surface area contributed by atoms with Gasteiger partial charge in [-0.2, -0.15) is 4.98 Å². The van der Waals surface area contributed by atoms with Gasteiger partial charge in [-0.05, 0) is 36.2 Å². The molecule has 2 fully saturated rings. The van der Waals surface area contributed by atoms with Gasteiger partial charge in [0.2, 0.25) is 11.8 Å². The smallest absolute Gasteiger partial charge is 0.335 e. The van der Waals surface area contributed by atoms with Crippen LogP contribution in [0.5, 0.6) is 5.88 Å². The fourth-order valence-corrected chi connectivity index (χ4v) is 4.90. The third-order valence-electron chi connectivity index (χ3n) is 7.17. The van der Waals surface area contributed by atoms with Gasteiger partial charge in [-0.15, -0.1) is 0 Å². The van der Waals surface area contributed by atoms with Crippen LogP contribution in [0.15, 0.2) is 66.7 Å². The van der Waals surface area contributed by atoms with Crippen LogP contribution >= 0.6 is 0 Å². The number of hydrogen-bond donors (Lipinski definition) is 1. The molecule has 1 atom stereocenters. The number of rotatable bonds is 9. The first-order valence-electron chi connectivity index (χ1n) is 13.0. The number of fused-ring (bicyclic) bond motifs is 1. The lowest BCUT2D eigenvalue weighted by molar-refractivity contribution is -0.131. The van der Waals surface area contributed by atoms with E-state index in [1.54, 1.807) is 23.1 Å². The predicted molar refractivity (Wildman–Crippen MR) is 144 cm³/mol. The Balaban J connectivity index is 1.15. The van der Waals surface area contributed by atoms with Crippen LogP contribution in [0, 0.1) is 0 Å². The fourth-order valence-electron chi connectivity index (χ4n) is 4.90. The number of imidazole rings is 1. The lowest BCUT2D eigenvalue weighted by Gasteiger charge is -2.35. The number of nitrogens with zero attached hydrogens (tertiary/aromatic N) is 5. The van der Waals surface area contributed by atoms with E-state index in [-0.39, 0.29) is 24.1 Å². The summed E-state index contributed by atoms with van der Waals surface area (Å²) in [7, 11) is 0. The number of aromatic carboxylic acids is 1. The maximum absolute atomic E-state index is 13.2. The van der Waals surface area contributed by atoms with Gasteiger partial charge in [-0.3, -0.25) is 4.79 Å². The molecule has 0 aliphatic carbocycles. The van der Waals surface area contributed by atoms with Crippen LogP contribution in [0.3, 0.4) is 0 Å². The Hall–Kier alpha value is -4.44. The second-order valence-corrected chi connectivity index (χ2v) is 9.77. The van der Waals surface area contributed by atoms with Crippen LogP contribution in [0.2, 0.25) is 0 Å². The number of amides is 1. The van der Waals surface area contributed by atoms with Crippen molar-refractivity contribution in [2.45, 2.75) is 32.2 Å². The Kier molecular flexibility index (Phi) is 6.85. The van der Waals surface area contributed by atoms with Gasteiger partial charge in [-0.1, -0.05) is 36.4 Å². The van der Waals surface area contributed by atoms with E-state index in [0.29, 0.717) is 50.0 Å². The lowest BCUT2D eigenvalue weighted by Crippen LogP contribution is -2.50. The quantitative estimate of drug-likeness (QED) is 0.353. The largest absolute Gasteiger partial charge is 0.478 e. The fraction of sp³-hybridized carbons (Fsp3) is 0.310. The van der Waals surface area contributed by atoms with Crippen molar-refractivity contribution < 1.29 is 24.2 Å². The van der Waals surface area contributed by atoms with E-state index in [2.05, 4.69) is 4.98 Å². The van der Waals surface area contributed by atoms with Crippen LogP contribution in [-0.4, -0.2) is 68.8 Å². The van der Waals surface area contributed by atoms with E-state index in [0.717, 1.165) is 29.9 Å². The number of carboxylic acids is 1. The predicted octanol–water partition coefficient (Wildman–Crippen LogP) is 3.35. The van der Waals surface area contributed by atoms with Gasteiger partial charge >= 0.3 is 5.97 Å². The third-order valence-corrected chi connectivity index (χ3v) is 7.17. The molecule has 1 amide bonds.